The van der Waals surface area contributed by atoms with Crippen LogP contribution in [-0.4, -0.2) is 12.9 Å². The van der Waals surface area contributed by atoms with E-state index in [-0.39, 0.29) is 5.78 Å². The van der Waals surface area contributed by atoms with E-state index in [0.717, 1.165) is 20.3 Å². The van der Waals surface area contributed by atoms with Crippen molar-refractivity contribution in [1.82, 2.24) is 0 Å². The highest BCUT2D eigenvalue weighted by Crippen LogP contribution is 2.23. The zero-order valence-corrected chi connectivity index (χ0v) is 13.5. The average molecular weight is 384 g/mol. The zero-order chi connectivity index (χ0) is 13.8. The topological polar surface area (TPSA) is 26.3 Å². The lowest BCUT2D eigenvalue weighted by Crippen LogP contribution is -2.04. The molecule has 2 nitrogen and oxygen atoms in total. The summed E-state index contributed by atoms with van der Waals surface area (Å²) in [5.74, 6) is 0.880. The molecule has 2 rings (SSSR count). The van der Waals surface area contributed by atoms with Crippen molar-refractivity contribution < 1.29 is 9.53 Å². The van der Waals surface area contributed by atoms with Crippen molar-refractivity contribution in [1.29, 1.82) is 0 Å². The van der Waals surface area contributed by atoms with Crippen LogP contribution in [0, 0.1) is 0 Å². The molecule has 0 aliphatic rings. The molecule has 0 radical (unpaired) electrons. The van der Waals surface area contributed by atoms with Gasteiger partial charge in [-0.15, -0.1) is 0 Å². The lowest BCUT2D eigenvalue weighted by molar-refractivity contribution is 0.0992. The molecule has 0 aliphatic carbocycles. The molecular weight excluding hydrogens is 372 g/mol. The predicted octanol–water partition coefficient (Wildman–Crippen LogP) is 4.65. The maximum atomic E-state index is 12.2. The Morgan fingerprint density at radius 1 is 1.11 bits per heavy atom. The second kappa shape index (κ2) is 6.35. The smallest absolute Gasteiger partial charge is 0.168 e. The number of rotatable bonds is 4. The molecule has 0 spiro atoms. The normalized spacial score (nSPS) is 10.3. The van der Waals surface area contributed by atoms with E-state index in [2.05, 4.69) is 31.9 Å². The molecule has 2 aromatic rings. The van der Waals surface area contributed by atoms with Crippen LogP contribution in [0.2, 0.25) is 0 Å². The minimum Gasteiger partial charge on any atom is -0.497 e. The molecule has 2 aromatic carbocycles. The third-order valence-electron chi connectivity index (χ3n) is 2.76. The number of hydrogen-bond donors (Lipinski definition) is 0. The minimum atomic E-state index is 0.0875. The fraction of sp³-hybridized carbons (Fsp3) is 0.133. The van der Waals surface area contributed by atoms with Crippen LogP contribution in [0.1, 0.15) is 15.9 Å². The molecule has 19 heavy (non-hydrogen) atoms. The third-order valence-corrected chi connectivity index (χ3v) is 3.90. The van der Waals surface area contributed by atoms with Crippen LogP contribution in [0.15, 0.2) is 51.4 Å². The first-order chi connectivity index (χ1) is 9.10. The fourth-order valence-electron chi connectivity index (χ4n) is 1.74. The molecule has 0 atom stereocenters. The van der Waals surface area contributed by atoms with Crippen LogP contribution < -0.4 is 4.74 Å². The number of benzene rings is 2. The third kappa shape index (κ3) is 3.67. The molecule has 0 unspecified atom stereocenters. The highest BCUT2D eigenvalue weighted by Gasteiger charge is 2.11. The number of Topliss-reactive ketones (excluding diaryl/α,β-unsaturated/α-hetero) is 1. The van der Waals surface area contributed by atoms with Gasteiger partial charge in [0.25, 0.3) is 0 Å². The van der Waals surface area contributed by atoms with Gasteiger partial charge in [0.05, 0.1) is 7.11 Å². The van der Waals surface area contributed by atoms with Crippen molar-refractivity contribution in [2.45, 2.75) is 6.42 Å². The van der Waals surface area contributed by atoms with Crippen molar-refractivity contribution in [3.05, 3.63) is 62.5 Å². The lowest BCUT2D eigenvalue weighted by Gasteiger charge is -2.05. The van der Waals surface area contributed by atoms with Crippen molar-refractivity contribution in [3.63, 3.8) is 0 Å². The molecule has 0 saturated carbocycles. The molecule has 0 fully saturated rings. The van der Waals surface area contributed by atoms with Crippen LogP contribution in [0.3, 0.4) is 0 Å². The van der Waals surface area contributed by atoms with E-state index in [0.29, 0.717) is 12.0 Å². The summed E-state index contributed by atoms with van der Waals surface area (Å²) in [4.78, 5) is 12.2. The standard InChI is InChI=1S/C15H12Br2O2/c1-19-12-5-2-10(3-6-12)8-15(18)13-7-4-11(16)9-14(13)17/h2-7,9H,8H2,1H3. The van der Waals surface area contributed by atoms with Crippen molar-refractivity contribution in [2.24, 2.45) is 0 Å². The summed E-state index contributed by atoms with van der Waals surface area (Å²) < 4.78 is 6.84. The summed E-state index contributed by atoms with van der Waals surface area (Å²) in [5.41, 5.74) is 1.67. The van der Waals surface area contributed by atoms with Gasteiger partial charge in [0.2, 0.25) is 0 Å². The Hall–Kier alpha value is -1.13. The number of carbonyl (C=O) groups excluding carboxylic acids is 1. The Morgan fingerprint density at radius 3 is 2.37 bits per heavy atom. The summed E-state index contributed by atoms with van der Waals surface area (Å²) in [6.45, 7) is 0. The van der Waals surface area contributed by atoms with Crippen LogP contribution >= 0.6 is 31.9 Å². The molecule has 4 heteroatoms. The van der Waals surface area contributed by atoms with Gasteiger partial charge in [0.1, 0.15) is 5.75 Å². The Labute approximate surface area is 129 Å². The maximum absolute atomic E-state index is 12.2. The molecule has 0 saturated heterocycles. The summed E-state index contributed by atoms with van der Waals surface area (Å²) >= 11 is 6.79. The van der Waals surface area contributed by atoms with E-state index >= 15 is 0 Å². The number of ketones is 1. The van der Waals surface area contributed by atoms with E-state index in [1.807, 2.05) is 42.5 Å². The van der Waals surface area contributed by atoms with Gasteiger partial charge < -0.3 is 4.74 Å². The molecule has 0 bridgehead atoms. The minimum absolute atomic E-state index is 0.0875. The molecule has 0 aromatic heterocycles. The van der Waals surface area contributed by atoms with Crippen molar-refractivity contribution in [3.8, 4) is 5.75 Å². The first-order valence-corrected chi connectivity index (χ1v) is 7.30. The summed E-state index contributed by atoms with van der Waals surface area (Å²) in [5, 5.41) is 0. The first kappa shape index (κ1) is 14.3. The number of halogens is 2. The fourth-order valence-corrected chi connectivity index (χ4v) is 3.01. The number of carbonyl (C=O) groups is 1. The highest BCUT2D eigenvalue weighted by atomic mass is 79.9. The largest absolute Gasteiger partial charge is 0.497 e. The molecular formula is C15H12Br2O2. The SMILES string of the molecule is COc1ccc(CC(=O)c2ccc(Br)cc2Br)cc1. The summed E-state index contributed by atoms with van der Waals surface area (Å²) in [7, 11) is 1.62. The Balaban J connectivity index is 2.15. The molecule has 0 N–H and O–H groups in total. The highest BCUT2D eigenvalue weighted by molar-refractivity contribution is 9.11. The maximum Gasteiger partial charge on any atom is 0.168 e. The van der Waals surface area contributed by atoms with Crippen LogP contribution in [0.5, 0.6) is 5.75 Å². The lowest BCUT2D eigenvalue weighted by atomic mass is 10.0. The Bertz CT molecular complexity index is 592. The van der Waals surface area contributed by atoms with Crippen molar-refractivity contribution in [2.75, 3.05) is 7.11 Å². The Kier molecular flexibility index (Phi) is 4.77. The van der Waals surface area contributed by atoms with Gasteiger partial charge in [-0.2, -0.15) is 0 Å². The summed E-state index contributed by atoms with van der Waals surface area (Å²) in [6, 6.07) is 13.1. The predicted molar refractivity (Wildman–Crippen MR) is 82.9 cm³/mol. The van der Waals surface area contributed by atoms with E-state index in [1.165, 1.54) is 0 Å². The zero-order valence-electron chi connectivity index (χ0n) is 10.3. The van der Waals surface area contributed by atoms with Gasteiger partial charge >= 0.3 is 0 Å². The van der Waals surface area contributed by atoms with E-state index < -0.39 is 0 Å². The van der Waals surface area contributed by atoms with Gasteiger partial charge in [-0.1, -0.05) is 44.0 Å². The van der Waals surface area contributed by atoms with Gasteiger partial charge in [-0.3, -0.25) is 4.79 Å². The molecule has 0 aliphatic heterocycles. The van der Waals surface area contributed by atoms with Gasteiger partial charge in [0.15, 0.2) is 5.78 Å². The molecule has 0 heterocycles. The number of methoxy groups -OCH3 is 1. The monoisotopic (exact) mass is 382 g/mol. The second-order valence-corrected chi connectivity index (χ2v) is 5.84. The van der Waals surface area contributed by atoms with Gasteiger partial charge in [-0.25, -0.2) is 0 Å². The average Bonchev–Trinajstić information content (AvgIpc) is 2.39. The second-order valence-electron chi connectivity index (χ2n) is 4.07. The van der Waals surface area contributed by atoms with E-state index in [9.17, 15) is 4.79 Å². The van der Waals surface area contributed by atoms with Crippen molar-refractivity contribution >= 4 is 37.6 Å². The van der Waals surface area contributed by atoms with Crippen LogP contribution in [-0.2, 0) is 6.42 Å². The van der Waals surface area contributed by atoms with Crippen LogP contribution in [0.25, 0.3) is 0 Å². The first-order valence-electron chi connectivity index (χ1n) is 5.71. The molecule has 98 valence electrons. The van der Waals surface area contributed by atoms with Gasteiger partial charge in [0, 0.05) is 20.9 Å². The number of ether oxygens (including phenoxy) is 1. The van der Waals surface area contributed by atoms with Crippen LogP contribution in [0.4, 0.5) is 0 Å². The molecule has 0 amide bonds. The number of hydrogen-bond acceptors (Lipinski definition) is 2. The van der Waals surface area contributed by atoms with E-state index in [4.69, 9.17) is 4.74 Å². The summed E-state index contributed by atoms with van der Waals surface area (Å²) in [6.07, 6.45) is 0.379. The van der Waals surface area contributed by atoms with E-state index in [1.54, 1.807) is 7.11 Å². The van der Waals surface area contributed by atoms with Gasteiger partial charge in [-0.05, 0) is 35.9 Å². The quantitative estimate of drug-likeness (QED) is 0.718. The Morgan fingerprint density at radius 2 is 1.79 bits per heavy atom.